The zero-order chi connectivity index (χ0) is 18.1. The molecule has 2 heterocycles. The molecule has 2 aromatic heterocycles. The van der Waals surface area contributed by atoms with Gasteiger partial charge < -0.3 is 9.15 Å². The Morgan fingerprint density at radius 3 is 2.54 bits per heavy atom. The molecule has 4 rings (SSSR count). The quantitative estimate of drug-likeness (QED) is 0.432. The lowest BCUT2D eigenvalue weighted by Crippen LogP contribution is -1.97. The van der Waals surface area contributed by atoms with Gasteiger partial charge in [0.05, 0.1) is 7.11 Å². The van der Waals surface area contributed by atoms with Crippen LogP contribution in [0.2, 0.25) is 0 Å². The van der Waals surface area contributed by atoms with Gasteiger partial charge in [0, 0.05) is 15.4 Å². The number of pyridine rings is 1. The average molecular weight is 405 g/mol. The van der Waals surface area contributed by atoms with Crippen LogP contribution in [0.15, 0.2) is 69.6 Å². The van der Waals surface area contributed by atoms with Crippen molar-refractivity contribution in [1.29, 1.82) is 5.26 Å². The first-order chi connectivity index (χ1) is 12.7. The number of nitrogens with zero attached hydrogens (tertiary/aromatic N) is 2. The number of para-hydroxylation sites is 1. The van der Waals surface area contributed by atoms with E-state index in [0.717, 1.165) is 26.6 Å². The molecule has 0 bridgehead atoms. The van der Waals surface area contributed by atoms with Crippen molar-refractivity contribution in [2.45, 2.75) is 0 Å². The van der Waals surface area contributed by atoms with E-state index in [1.807, 2.05) is 60.7 Å². The maximum Gasteiger partial charge on any atom is 0.232 e. The Kier molecular flexibility index (Phi) is 4.19. The largest absolute Gasteiger partial charge is 0.480 e. The second-order valence-corrected chi connectivity index (χ2v) is 6.62. The lowest BCUT2D eigenvalue weighted by molar-refractivity contribution is 0.397. The monoisotopic (exact) mass is 404 g/mol. The lowest BCUT2D eigenvalue weighted by Gasteiger charge is -2.10. The molecule has 26 heavy (non-hydrogen) atoms. The molecular weight excluding hydrogens is 392 g/mol. The van der Waals surface area contributed by atoms with Crippen LogP contribution in [0.25, 0.3) is 33.6 Å². The number of ether oxygens (including phenoxy) is 1. The van der Waals surface area contributed by atoms with E-state index in [1.54, 1.807) is 0 Å². The van der Waals surface area contributed by atoms with E-state index in [0.29, 0.717) is 17.0 Å². The number of rotatable bonds is 3. The van der Waals surface area contributed by atoms with E-state index in [-0.39, 0.29) is 5.88 Å². The molecule has 0 N–H and O–H groups in total. The smallest absolute Gasteiger partial charge is 0.232 e. The van der Waals surface area contributed by atoms with Crippen LogP contribution in [0.1, 0.15) is 5.56 Å². The number of hydrogen-bond donors (Lipinski definition) is 0. The molecule has 126 valence electrons. The van der Waals surface area contributed by atoms with Gasteiger partial charge in [-0.25, -0.2) is 4.98 Å². The van der Waals surface area contributed by atoms with Crippen molar-refractivity contribution in [2.24, 2.45) is 0 Å². The van der Waals surface area contributed by atoms with E-state index in [4.69, 9.17) is 9.15 Å². The van der Waals surface area contributed by atoms with E-state index in [2.05, 4.69) is 27.0 Å². The fourth-order valence-corrected chi connectivity index (χ4v) is 3.13. The van der Waals surface area contributed by atoms with Crippen molar-refractivity contribution >= 4 is 26.9 Å². The summed E-state index contributed by atoms with van der Waals surface area (Å²) < 4.78 is 12.3. The molecule has 0 spiro atoms. The predicted molar refractivity (Wildman–Crippen MR) is 104 cm³/mol. The molecule has 0 saturated carbocycles. The minimum absolute atomic E-state index is 0.281. The van der Waals surface area contributed by atoms with Crippen molar-refractivity contribution in [3.05, 3.63) is 70.7 Å². The van der Waals surface area contributed by atoms with Gasteiger partial charge in [0.15, 0.2) is 5.76 Å². The van der Waals surface area contributed by atoms with Crippen LogP contribution in [-0.4, -0.2) is 12.1 Å². The maximum absolute atomic E-state index is 9.62. The van der Waals surface area contributed by atoms with Crippen molar-refractivity contribution < 1.29 is 9.15 Å². The molecule has 0 fully saturated rings. The number of hydrogen-bond acceptors (Lipinski definition) is 4. The highest BCUT2D eigenvalue weighted by Crippen LogP contribution is 2.35. The Balaban J connectivity index is 1.94. The number of nitriles is 1. The average Bonchev–Trinajstić information content (AvgIpc) is 3.11. The molecule has 0 unspecified atom stereocenters. The molecule has 0 aliphatic carbocycles. The van der Waals surface area contributed by atoms with E-state index in [1.165, 1.54) is 7.11 Å². The molecule has 0 aliphatic heterocycles. The highest BCUT2D eigenvalue weighted by molar-refractivity contribution is 9.10. The highest BCUT2D eigenvalue weighted by Gasteiger charge is 2.17. The number of furan rings is 1. The van der Waals surface area contributed by atoms with Gasteiger partial charge in [-0.05, 0) is 35.9 Å². The number of halogens is 1. The number of fused-ring (bicyclic) bond motifs is 1. The third-order valence-electron chi connectivity index (χ3n) is 4.12. The van der Waals surface area contributed by atoms with Gasteiger partial charge in [-0.2, -0.15) is 5.26 Å². The molecule has 2 aromatic carbocycles. The molecule has 0 radical (unpaired) electrons. The van der Waals surface area contributed by atoms with Crippen LogP contribution in [0.3, 0.4) is 0 Å². The summed E-state index contributed by atoms with van der Waals surface area (Å²) in [7, 11) is 1.51. The van der Waals surface area contributed by atoms with Crippen molar-refractivity contribution in [3.63, 3.8) is 0 Å². The molecule has 4 nitrogen and oxygen atoms in total. The van der Waals surface area contributed by atoms with Gasteiger partial charge in [0.2, 0.25) is 5.88 Å². The van der Waals surface area contributed by atoms with Crippen LogP contribution >= 0.6 is 15.9 Å². The zero-order valence-electron chi connectivity index (χ0n) is 13.9. The van der Waals surface area contributed by atoms with Crippen LogP contribution in [0.4, 0.5) is 0 Å². The van der Waals surface area contributed by atoms with Crippen LogP contribution in [-0.2, 0) is 0 Å². The van der Waals surface area contributed by atoms with Crippen LogP contribution < -0.4 is 4.74 Å². The second kappa shape index (κ2) is 6.66. The topological polar surface area (TPSA) is 59.1 Å². The molecular formula is C21H13BrN2O2. The second-order valence-electron chi connectivity index (χ2n) is 5.71. The first-order valence-corrected chi connectivity index (χ1v) is 8.73. The van der Waals surface area contributed by atoms with Gasteiger partial charge in [0.1, 0.15) is 22.9 Å². The minimum atomic E-state index is 0.281. The normalized spacial score (nSPS) is 10.7. The first-order valence-electron chi connectivity index (χ1n) is 7.93. The third kappa shape index (κ3) is 2.85. The Hall–Kier alpha value is -3.10. The van der Waals surface area contributed by atoms with Crippen molar-refractivity contribution in [1.82, 2.24) is 4.98 Å². The Labute approximate surface area is 158 Å². The number of benzene rings is 2. The van der Waals surface area contributed by atoms with E-state index < -0.39 is 0 Å². The summed E-state index contributed by atoms with van der Waals surface area (Å²) in [6, 6.07) is 21.6. The van der Waals surface area contributed by atoms with Gasteiger partial charge >= 0.3 is 0 Å². The summed E-state index contributed by atoms with van der Waals surface area (Å²) in [4.78, 5) is 4.48. The molecule has 0 amide bonds. The summed E-state index contributed by atoms with van der Waals surface area (Å²) in [5.74, 6) is 0.913. The summed E-state index contributed by atoms with van der Waals surface area (Å²) in [5.41, 5.74) is 3.47. The maximum atomic E-state index is 9.62. The van der Waals surface area contributed by atoms with E-state index in [9.17, 15) is 5.26 Å². The fraction of sp³-hybridized carbons (Fsp3) is 0.0476. The molecule has 4 aromatic rings. The molecule has 5 heteroatoms. The van der Waals surface area contributed by atoms with Gasteiger partial charge in [-0.1, -0.05) is 46.3 Å². The molecule has 0 aliphatic rings. The van der Waals surface area contributed by atoms with E-state index >= 15 is 0 Å². The summed E-state index contributed by atoms with van der Waals surface area (Å²) >= 11 is 3.44. The fourth-order valence-electron chi connectivity index (χ4n) is 2.87. The Morgan fingerprint density at radius 2 is 1.85 bits per heavy atom. The van der Waals surface area contributed by atoms with Crippen molar-refractivity contribution in [3.8, 4) is 34.5 Å². The zero-order valence-corrected chi connectivity index (χ0v) is 15.4. The number of methoxy groups -OCH3 is 1. The predicted octanol–water partition coefficient (Wildman–Crippen LogP) is 5.80. The van der Waals surface area contributed by atoms with Crippen LogP contribution in [0.5, 0.6) is 5.88 Å². The van der Waals surface area contributed by atoms with Gasteiger partial charge in [0.25, 0.3) is 0 Å². The van der Waals surface area contributed by atoms with Crippen LogP contribution in [0, 0.1) is 11.3 Å². The summed E-state index contributed by atoms with van der Waals surface area (Å²) in [6.07, 6.45) is 0. The SMILES string of the molecule is COc1nc(-c2cc3ccccc3o2)cc(-c2ccc(Br)cc2)c1C#N. The minimum Gasteiger partial charge on any atom is -0.480 e. The lowest BCUT2D eigenvalue weighted by atomic mass is 10.00. The van der Waals surface area contributed by atoms with Crippen molar-refractivity contribution in [2.75, 3.05) is 7.11 Å². The first kappa shape index (κ1) is 16.4. The summed E-state index contributed by atoms with van der Waals surface area (Å²) in [6.45, 7) is 0. The van der Waals surface area contributed by atoms with Gasteiger partial charge in [-0.15, -0.1) is 0 Å². The van der Waals surface area contributed by atoms with Gasteiger partial charge in [-0.3, -0.25) is 0 Å². The Bertz CT molecular complexity index is 1110. The Morgan fingerprint density at radius 1 is 1.08 bits per heavy atom. The highest BCUT2D eigenvalue weighted by atomic mass is 79.9. The number of aromatic nitrogens is 1. The third-order valence-corrected chi connectivity index (χ3v) is 4.65. The summed E-state index contributed by atoms with van der Waals surface area (Å²) in [5, 5.41) is 10.6. The molecule has 0 atom stereocenters. The molecule has 0 saturated heterocycles. The standard InChI is InChI=1S/C21H13BrN2O2/c1-25-21-17(12-23)16(13-6-8-15(22)9-7-13)11-18(24-21)20-10-14-4-2-3-5-19(14)26-20/h2-11H,1H3.